The van der Waals surface area contributed by atoms with Crippen molar-refractivity contribution in [1.82, 2.24) is 9.80 Å². The summed E-state index contributed by atoms with van der Waals surface area (Å²) in [6.07, 6.45) is 0. The van der Waals surface area contributed by atoms with E-state index < -0.39 is 0 Å². The molecule has 7 heteroatoms. The Morgan fingerprint density at radius 1 is 1.15 bits per heavy atom. The van der Waals surface area contributed by atoms with Crippen LogP contribution in [0.1, 0.15) is 0 Å². The topological polar surface area (TPSA) is 35.6 Å². The standard InChI is InChI=1S/C13H16Cl3N3O/c1-18-2-4-19(5-3-18)12(20)8-17-13-10(15)6-9(14)7-11(13)16/h6-7,17H,2-5,8H2,1H3. The van der Waals surface area contributed by atoms with Crippen LogP contribution < -0.4 is 5.32 Å². The second-order valence-electron chi connectivity index (χ2n) is 4.78. The number of nitrogens with zero attached hydrogens (tertiary/aromatic N) is 2. The van der Waals surface area contributed by atoms with Gasteiger partial charge in [0.05, 0.1) is 22.3 Å². The second kappa shape index (κ2) is 6.85. The molecule has 0 atom stereocenters. The van der Waals surface area contributed by atoms with Gasteiger partial charge in [-0.15, -0.1) is 0 Å². The summed E-state index contributed by atoms with van der Waals surface area (Å²) >= 11 is 18.0. The molecule has 0 unspecified atom stereocenters. The minimum absolute atomic E-state index is 0.0418. The van der Waals surface area contributed by atoms with Crippen molar-refractivity contribution in [2.45, 2.75) is 0 Å². The van der Waals surface area contributed by atoms with Gasteiger partial charge in [0, 0.05) is 31.2 Å². The number of hydrogen-bond acceptors (Lipinski definition) is 3. The summed E-state index contributed by atoms with van der Waals surface area (Å²) in [5.41, 5.74) is 0.542. The Labute approximate surface area is 133 Å². The summed E-state index contributed by atoms with van der Waals surface area (Å²) in [5, 5.41) is 4.28. The average molecular weight is 337 g/mol. The molecule has 1 fully saturated rings. The Morgan fingerprint density at radius 3 is 2.25 bits per heavy atom. The number of carbonyl (C=O) groups is 1. The van der Waals surface area contributed by atoms with E-state index in [0.717, 1.165) is 26.2 Å². The maximum atomic E-state index is 12.1. The monoisotopic (exact) mass is 335 g/mol. The lowest BCUT2D eigenvalue weighted by Gasteiger charge is -2.32. The van der Waals surface area contributed by atoms with Crippen LogP contribution in [0.4, 0.5) is 5.69 Å². The molecule has 1 aromatic rings. The lowest BCUT2D eigenvalue weighted by Crippen LogP contribution is -2.48. The van der Waals surface area contributed by atoms with Crippen molar-refractivity contribution in [1.29, 1.82) is 0 Å². The van der Waals surface area contributed by atoms with Gasteiger partial charge in [-0.05, 0) is 19.2 Å². The fraction of sp³-hybridized carbons (Fsp3) is 0.462. The Kier molecular flexibility index (Phi) is 5.38. The van der Waals surface area contributed by atoms with E-state index in [9.17, 15) is 4.79 Å². The van der Waals surface area contributed by atoms with Crippen LogP contribution in [0.3, 0.4) is 0 Å². The van der Waals surface area contributed by atoms with Crippen molar-refractivity contribution in [2.24, 2.45) is 0 Å². The zero-order valence-electron chi connectivity index (χ0n) is 11.1. The van der Waals surface area contributed by atoms with Gasteiger partial charge in [-0.3, -0.25) is 4.79 Å². The van der Waals surface area contributed by atoms with Gasteiger partial charge in [-0.2, -0.15) is 0 Å². The smallest absolute Gasteiger partial charge is 0.241 e. The SMILES string of the molecule is CN1CCN(C(=O)CNc2c(Cl)cc(Cl)cc2Cl)CC1. The Hall–Kier alpha value is -0.680. The third-order valence-corrected chi connectivity index (χ3v) is 4.09. The molecule has 1 aliphatic rings. The summed E-state index contributed by atoms with van der Waals surface area (Å²) in [4.78, 5) is 16.1. The highest BCUT2D eigenvalue weighted by Gasteiger charge is 2.19. The highest BCUT2D eigenvalue weighted by atomic mass is 35.5. The van der Waals surface area contributed by atoms with E-state index in [0.29, 0.717) is 20.8 Å². The number of likely N-dealkylation sites (N-methyl/N-ethyl adjacent to an activating group) is 1. The molecule has 4 nitrogen and oxygen atoms in total. The van der Waals surface area contributed by atoms with Crippen molar-refractivity contribution in [3.63, 3.8) is 0 Å². The molecule has 1 aliphatic heterocycles. The van der Waals surface area contributed by atoms with E-state index >= 15 is 0 Å². The molecule has 20 heavy (non-hydrogen) atoms. The zero-order valence-corrected chi connectivity index (χ0v) is 13.4. The Morgan fingerprint density at radius 2 is 1.70 bits per heavy atom. The van der Waals surface area contributed by atoms with E-state index in [1.54, 1.807) is 12.1 Å². The summed E-state index contributed by atoms with van der Waals surface area (Å²) in [7, 11) is 2.05. The second-order valence-corrected chi connectivity index (χ2v) is 6.03. The van der Waals surface area contributed by atoms with Gasteiger partial charge in [0.15, 0.2) is 0 Å². The van der Waals surface area contributed by atoms with Gasteiger partial charge in [-0.25, -0.2) is 0 Å². The lowest BCUT2D eigenvalue weighted by atomic mass is 10.3. The van der Waals surface area contributed by atoms with Gasteiger partial charge in [0.2, 0.25) is 5.91 Å². The van der Waals surface area contributed by atoms with Crippen LogP contribution in [0.5, 0.6) is 0 Å². The lowest BCUT2D eigenvalue weighted by molar-refractivity contribution is -0.130. The number of hydrogen-bond donors (Lipinski definition) is 1. The Bertz CT molecular complexity index is 479. The molecule has 0 radical (unpaired) electrons. The molecule has 1 heterocycles. The third-order valence-electron chi connectivity index (χ3n) is 3.28. The minimum atomic E-state index is 0.0418. The fourth-order valence-electron chi connectivity index (χ4n) is 2.04. The quantitative estimate of drug-likeness (QED) is 0.922. The van der Waals surface area contributed by atoms with E-state index in [2.05, 4.69) is 10.2 Å². The largest absolute Gasteiger partial charge is 0.374 e. The number of benzene rings is 1. The molecule has 0 saturated carbocycles. The van der Waals surface area contributed by atoms with Crippen LogP contribution in [0.25, 0.3) is 0 Å². The molecule has 1 N–H and O–H groups in total. The molecule has 0 aliphatic carbocycles. The van der Waals surface area contributed by atoms with Gasteiger partial charge in [0.1, 0.15) is 0 Å². The van der Waals surface area contributed by atoms with Crippen LogP contribution in [0.2, 0.25) is 15.1 Å². The first kappa shape index (κ1) is 15.7. The summed E-state index contributed by atoms with van der Waals surface area (Å²) in [6, 6.07) is 3.19. The van der Waals surface area contributed by atoms with Crippen molar-refractivity contribution in [2.75, 3.05) is 45.1 Å². The number of halogens is 3. The van der Waals surface area contributed by atoms with Crippen LogP contribution in [0.15, 0.2) is 12.1 Å². The number of carbonyl (C=O) groups excluding carboxylic acids is 1. The maximum Gasteiger partial charge on any atom is 0.241 e. The Balaban J connectivity index is 1.94. The van der Waals surface area contributed by atoms with Crippen molar-refractivity contribution in [3.05, 3.63) is 27.2 Å². The van der Waals surface area contributed by atoms with Gasteiger partial charge in [-0.1, -0.05) is 34.8 Å². The van der Waals surface area contributed by atoms with Crippen molar-refractivity contribution < 1.29 is 4.79 Å². The van der Waals surface area contributed by atoms with Gasteiger partial charge >= 0.3 is 0 Å². The van der Waals surface area contributed by atoms with Crippen LogP contribution in [-0.2, 0) is 4.79 Å². The fourth-order valence-corrected chi connectivity index (χ4v) is 2.99. The maximum absolute atomic E-state index is 12.1. The van der Waals surface area contributed by atoms with Crippen LogP contribution in [0, 0.1) is 0 Å². The van der Waals surface area contributed by atoms with E-state index in [1.165, 1.54) is 0 Å². The number of anilines is 1. The number of amides is 1. The molecule has 110 valence electrons. The number of piperazine rings is 1. The number of nitrogens with one attached hydrogen (secondary N) is 1. The molecule has 1 aromatic carbocycles. The molecule has 0 bridgehead atoms. The molecular formula is C13H16Cl3N3O. The summed E-state index contributed by atoms with van der Waals surface area (Å²) in [5.74, 6) is 0.0418. The zero-order chi connectivity index (χ0) is 14.7. The molecule has 1 amide bonds. The predicted octanol–water partition coefficient (Wildman–Crippen LogP) is 2.83. The highest BCUT2D eigenvalue weighted by Crippen LogP contribution is 2.33. The van der Waals surface area contributed by atoms with E-state index in [-0.39, 0.29) is 12.5 Å². The summed E-state index contributed by atoms with van der Waals surface area (Å²) < 4.78 is 0. The molecule has 2 rings (SSSR count). The van der Waals surface area contributed by atoms with Crippen LogP contribution >= 0.6 is 34.8 Å². The normalized spacial score (nSPS) is 16.3. The minimum Gasteiger partial charge on any atom is -0.374 e. The molecule has 1 saturated heterocycles. The molecule has 0 aromatic heterocycles. The van der Waals surface area contributed by atoms with Crippen LogP contribution in [-0.4, -0.2) is 55.5 Å². The first-order chi connectivity index (χ1) is 9.47. The first-order valence-electron chi connectivity index (χ1n) is 6.32. The highest BCUT2D eigenvalue weighted by molar-refractivity contribution is 6.41. The van der Waals surface area contributed by atoms with Crippen molar-refractivity contribution in [3.8, 4) is 0 Å². The molecule has 0 spiro atoms. The van der Waals surface area contributed by atoms with Gasteiger partial charge in [0.25, 0.3) is 0 Å². The summed E-state index contributed by atoms with van der Waals surface area (Å²) in [6.45, 7) is 3.46. The van der Waals surface area contributed by atoms with Crippen molar-refractivity contribution >= 4 is 46.4 Å². The van der Waals surface area contributed by atoms with E-state index in [4.69, 9.17) is 34.8 Å². The number of rotatable bonds is 3. The molecular weight excluding hydrogens is 321 g/mol. The first-order valence-corrected chi connectivity index (χ1v) is 7.45. The average Bonchev–Trinajstić information content (AvgIpc) is 2.38. The van der Waals surface area contributed by atoms with Gasteiger partial charge < -0.3 is 15.1 Å². The van der Waals surface area contributed by atoms with E-state index in [1.807, 2.05) is 11.9 Å². The predicted molar refractivity (Wildman–Crippen MR) is 84.0 cm³/mol. The third kappa shape index (κ3) is 3.92.